The molecule has 0 radical (unpaired) electrons. The first kappa shape index (κ1) is 54.0. The van der Waals surface area contributed by atoms with E-state index in [1.54, 1.807) is 0 Å². The van der Waals surface area contributed by atoms with Crippen molar-refractivity contribution in [2.24, 2.45) is 0 Å². The monoisotopic (exact) mass is 808 g/mol. The van der Waals surface area contributed by atoms with Crippen LogP contribution in [0.1, 0.15) is 271 Å². The third-order valence-electron chi connectivity index (χ3n) is 11.3. The second kappa shape index (κ2) is 44.1. The topological polar surface area (TPSA) is 76.4 Å². The molecule has 324 valence electrons. The Morgan fingerprint density at radius 1 is 0.418 bits per heavy atom. The van der Waals surface area contributed by atoms with E-state index in [9.17, 15) is 9.59 Å². The molecule has 0 amide bonds. The van der Waals surface area contributed by atoms with Crippen LogP contribution in [0, 0.1) is 10.7 Å². The fourth-order valence-electron chi connectivity index (χ4n) is 7.71. The lowest BCUT2D eigenvalue weighted by Gasteiger charge is -2.26. The summed E-state index contributed by atoms with van der Waals surface area (Å²) in [5, 5.41) is 10.8. The van der Waals surface area contributed by atoms with E-state index in [2.05, 4.69) is 19.2 Å². The van der Waals surface area contributed by atoms with Crippen LogP contribution in [0.4, 0.5) is 0 Å². The average Bonchev–Trinajstić information content (AvgIpc) is 3.16. The molecule has 0 aliphatic carbocycles. The molecule has 7 heteroatoms. The Morgan fingerprint density at radius 3 is 0.964 bits per heavy atom. The number of carbonyl (C=O) groups is 2. The summed E-state index contributed by atoms with van der Waals surface area (Å²) >= 11 is 1.36. The molecule has 0 aromatic carbocycles. The predicted molar refractivity (Wildman–Crippen MR) is 243 cm³/mol. The normalized spacial score (nSPS) is 11.5. The van der Waals surface area contributed by atoms with Crippen LogP contribution < -0.4 is 0 Å². The van der Waals surface area contributed by atoms with Crippen LogP contribution in [-0.2, 0) is 18.4 Å². The maximum Gasteiger partial charge on any atom is 0.461 e. The van der Waals surface area contributed by atoms with Crippen LogP contribution in [0.5, 0.6) is 0 Å². The Bertz CT molecular complexity index is 817. The zero-order chi connectivity index (χ0) is 40.2. The van der Waals surface area contributed by atoms with Crippen LogP contribution in [0.2, 0.25) is 12.6 Å². The Balaban J connectivity index is 4.29. The van der Waals surface area contributed by atoms with Crippen molar-refractivity contribution in [3.8, 4) is 5.40 Å². The van der Waals surface area contributed by atoms with Crippen molar-refractivity contribution in [1.82, 2.24) is 0 Å². The molecule has 0 rings (SSSR count). The molecule has 0 fully saturated rings. The number of carbonyl (C=O) groups excluding carboxylic acids is 2. The first-order chi connectivity index (χ1) is 27.0. The molecule has 0 unspecified atom stereocenters. The highest BCUT2D eigenvalue weighted by molar-refractivity contribution is 8.03. The van der Waals surface area contributed by atoms with Gasteiger partial charge in [-0.05, 0) is 37.4 Å². The van der Waals surface area contributed by atoms with Crippen LogP contribution >= 0.6 is 11.8 Å². The summed E-state index contributed by atoms with van der Waals surface area (Å²) in [5.74, 6) is 0.604. The van der Waals surface area contributed by atoms with Gasteiger partial charge in [0.25, 0.3) is 11.9 Å². The fraction of sp³-hybridized carbons (Fsp3) is 0.938. The molecular formula is C48H93NO4SSi. The SMILES string of the molecule is CCCCCCCCCCCCCCCCCC(=O)O[Si](C)(CCCCCCCCCCSC#N)OC(=O)CCCCCCCCCCCCCCCCC. The van der Waals surface area contributed by atoms with Crippen LogP contribution in [0.15, 0.2) is 0 Å². The first-order valence-electron chi connectivity index (χ1n) is 24.4. The molecule has 0 spiro atoms. The Morgan fingerprint density at radius 2 is 0.673 bits per heavy atom. The van der Waals surface area contributed by atoms with Crippen molar-refractivity contribution >= 4 is 32.3 Å². The van der Waals surface area contributed by atoms with Crippen molar-refractivity contribution in [2.75, 3.05) is 5.75 Å². The summed E-state index contributed by atoms with van der Waals surface area (Å²) in [7, 11) is -2.92. The van der Waals surface area contributed by atoms with Gasteiger partial charge in [0, 0.05) is 31.2 Å². The minimum Gasteiger partial charge on any atom is -0.485 e. The van der Waals surface area contributed by atoms with Gasteiger partial charge in [-0.25, -0.2) is 0 Å². The van der Waals surface area contributed by atoms with Crippen LogP contribution in [0.25, 0.3) is 0 Å². The van der Waals surface area contributed by atoms with E-state index in [-0.39, 0.29) is 11.9 Å². The van der Waals surface area contributed by atoms with E-state index in [1.807, 2.05) is 6.55 Å². The molecule has 0 N–H and O–H groups in total. The van der Waals surface area contributed by atoms with E-state index in [4.69, 9.17) is 14.1 Å². The molecule has 0 saturated heterocycles. The van der Waals surface area contributed by atoms with Crippen LogP contribution in [0.3, 0.4) is 0 Å². The zero-order valence-electron chi connectivity index (χ0n) is 37.2. The predicted octanol–water partition coefficient (Wildman–Crippen LogP) is 17.0. The lowest BCUT2D eigenvalue weighted by atomic mass is 10.0. The van der Waals surface area contributed by atoms with Crippen molar-refractivity contribution in [3.05, 3.63) is 0 Å². The molecule has 0 aromatic heterocycles. The van der Waals surface area contributed by atoms with Crippen LogP contribution in [-0.4, -0.2) is 26.3 Å². The van der Waals surface area contributed by atoms with Gasteiger partial charge in [-0.3, -0.25) is 9.59 Å². The van der Waals surface area contributed by atoms with Gasteiger partial charge in [0.05, 0.1) is 0 Å². The highest BCUT2D eigenvalue weighted by Gasteiger charge is 2.38. The van der Waals surface area contributed by atoms with E-state index in [0.717, 1.165) is 57.1 Å². The summed E-state index contributed by atoms with van der Waals surface area (Å²) < 4.78 is 12.2. The van der Waals surface area contributed by atoms with Crippen molar-refractivity contribution < 1.29 is 18.4 Å². The lowest BCUT2D eigenvalue weighted by molar-refractivity contribution is -0.141. The van der Waals surface area contributed by atoms with E-state index in [1.165, 1.54) is 204 Å². The Hall–Kier alpha value is -1.00. The van der Waals surface area contributed by atoms with Gasteiger partial charge >= 0.3 is 8.56 Å². The third kappa shape index (κ3) is 42.4. The molecular weight excluding hydrogens is 715 g/mol. The quantitative estimate of drug-likeness (QED) is 0.0346. The average molecular weight is 808 g/mol. The molecule has 0 heterocycles. The van der Waals surface area contributed by atoms with E-state index in [0.29, 0.717) is 18.9 Å². The molecule has 0 aliphatic heterocycles. The summed E-state index contributed by atoms with van der Waals surface area (Å²) in [6.45, 7) is 6.51. The number of hydrogen-bond donors (Lipinski definition) is 0. The standard InChI is InChI=1S/C48H93NO4SSi/c1-4-6-8-10-12-14-16-18-20-22-24-26-30-34-38-42-47(50)52-55(3,45-41-37-33-29-28-32-36-40-44-54-46-49)53-48(51)43-39-35-31-27-25-23-21-19-17-15-13-11-9-7-5-2/h4-45H2,1-3H3. The number of unbranched alkanes of at least 4 members (excludes halogenated alkanes) is 35. The largest absolute Gasteiger partial charge is 0.485 e. The van der Waals surface area contributed by atoms with Gasteiger partial charge in [-0.1, -0.05) is 232 Å². The molecule has 0 atom stereocenters. The van der Waals surface area contributed by atoms with Crippen molar-refractivity contribution in [2.45, 2.75) is 283 Å². The minimum absolute atomic E-state index is 0.168. The smallest absolute Gasteiger partial charge is 0.461 e. The number of hydrogen-bond acceptors (Lipinski definition) is 6. The number of thiocyanates is 1. The Kier molecular flexibility index (Phi) is 43.3. The fourth-order valence-corrected chi connectivity index (χ4v) is 10.5. The van der Waals surface area contributed by atoms with E-state index >= 15 is 0 Å². The number of nitrogens with zero attached hydrogens (tertiary/aromatic N) is 1. The maximum atomic E-state index is 13.0. The number of rotatable bonds is 45. The van der Waals surface area contributed by atoms with Gasteiger partial charge in [-0.15, -0.1) is 0 Å². The number of thioether (sulfide) groups is 1. The lowest BCUT2D eigenvalue weighted by Crippen LogP contribution is -2.42. The molecule has 55 heavy (non-hydrogen) atoms. The highest BCUT2D eigenvalue weighted by atomic mass is 32.2. The van der Waals surface area contributed by atoms with Gasteiger partial charge in [-0.2, -0.15) is 5.26 Å². The Labute approximate surface area is 349 Å². The first-order valence-corrected chi connectivity index (χ1v) is 27.9. The second-order valence-corrected chi connectivity index (χ2v) is 21.1. The number of nitriles is 1. The third-order valence-corrected chi connectivity index (χ3v) is 14.5. The van der Waals surface area contributed by atoms with E-state index < -0.39 is 8.56 Å². The van der Waals surface area contributed by atoms with Gasteiger partial charge in [0.1, 0.15) is 5.40 Å². The maximum absolute atomic E-state index is 13.0. The second-order valence-electron chi connectivity index (χ2n) is 17.0. The summed E-state index contributed by atoms with van der Waals surface area (Å²) in [5.41, 5.74) is 0. The molecule has 0 aromatic rings. The molecule has 5 nitrogen and oxygen atoms in total. The van der Waals surface area contributed by atoms with Crippen molar-refractivity contribution in [1.29, 1.82) is 5.26 Å². The molecule has 0 saturated carbocycles. The molecule has 0 bridgehead atoms. The molecule has 0 aliphatic rings. The summed E-state index contributed by atoms with van der Waals surface area (Å²) in [6.07, 6.45) is 49.2. The summed E-state index contributed by atoms with van der Waals surface area (Å²) in [4.78, 5) is 26.0. The van der Waals surface area contributed by atoms with Gasteiger partial charge in [0.15, 0.2) is 0 Å². The highest BCUT2D eigenvalue weighted by Crippen LogP contribution is 2.23. The zero-order valence-corrected chi connectivity index (χ0v) is 39.0. The minimum atomic E-state index is -2.92. The van der Waals surface area contributed by atoms with Gasteiger partial charge in [0.2, 0.25) is 0 Å². The summed E-state index contributed by atoms with van der Waals surface area (Å²) in [6, 6.07) is 0.702. The van der Waals surface area contributed by atoms with Crippen molar-refractivity contribution in [3.63, 3.8) is 0 Å². The van der Waals surface area contributed by atoms with Gasteiger partial charge < -0.3 is 8.85 Å².